The first-order valence-corrected chi connectivity index (χ1v) is 11.3. The predicted octanol–water partition coefficient (Wildman–Crippen LogP) is 2.19. The number of aromatic nitrogens is 2. The summed E-state index contributed by atoms with van der Waals surface area (Å²) in [5.74, 6) is -0.968. The topological polar surface area (TPSA) is 152 Å². The van der Waals surface area contributed by atoms with E-state index in [0.29, 0.717) is 5.56 Å². The molecule has 2 aromatic heterocycles. The van der Waals surface area contributed by atoms with Gasteiger partial charge in [-0.15, -0.1) is 0 Å². The molecule has 11 heteroatoms. The Labute approximate surface area is 178 Å². The van der Waals surface area contributed by atoms with Gasteiger partial charge in [-0.05, 0) is 31.5 Å². The molecule has 10 nitrogen and oxygen atoms in total. The second-order valence-electron chi connectivity index (χ2n) is 6.80. The summed E-state index contributed by atoms with van der Waals surface area (Å²) < 4.78 is 38.4. The van der Waals surface area contributed by atoms with Gasteiger partial charge >= 0.3 is 11.9 Å². The molecule has 1 aromatic carbocycles. The Morgan fingerprint density at radius 3 is 2.39 bits per heavy atom. The lowest BCUT2D eigenvalue weighted by molar-refractivity contribution is 0.0461. The second-order valence-corrected chi connectivity index (χ2v) is 8.94. The number of hydrogen-bond acceptors (Lipinski definition) is 10. The predicted molar refractivity (Wildman–Crippen MR) is 111 cm³/mol. The largest absolute Gasteiger partial charge is 0.462 e. The van der Waals surface area contributed by atoms with Crippen LogP contribution in [0.2, 0.25) is 0 Å². The van der Waals surface area contributed by atoms with Crippen molar-refractivity contribution in [1.82, 2.24) is 9.97 Å². The number of sulfone groups is 1. The van der Waals surface area contributed by atoms with Crippen molar-refractivity contribution in [1.29, 1.82) is 0 Å². The van der Waals surface area contributed by atoms with E-state index in [1.807, 2.05) is 0 Å². The molecular formula is C20H21N3O7S. The zero-order chi connectivity index (χ0) is 22.8. The van der Waals surface area contributed by atoms with Crippen LogP contribution in [0.4, 0.5) is 5.82 Å². The average molecular weight is 447 g/mol. The molecule has 0 saturated heterocycles. The Morgan fingerprint density at radius 2 is 1.77 bits per heavy atom. The molecule has 0 bridgehead atoms. The molecule has 3 rings (SSSR count). The fourth-order valence-electron chi connectivity index (χ4n) is 2.95. The fourth-order valence-corrected chi connectivity index (χ4v) is 3.75. The number of furan rings is 1. The summed E-state index contributed by atoms with van der Waals surface area (Å²) in [4.78, 5) is 32.7. The highest BCUT2D eigenvalue weighted by Crippen LogP contribution is 2.29. The van der Waals surface area contributed by atoms with Crippen molar-refractivity contribution in [2.24, 2.45) is 0 Å². The molecule has 0 fully saturated rings. The van der Waals surface area contributed by atoms with Crippen molar-refractivity contribution in [2.45, 2.75) is 26.2 Å². The summed E-state index contributed by atoms with van der Waals surface area (Å²) in [6.45, 7) is 3.18. The number of benzene rings is 1. The molecule has 0 radical (unpaired) electrons. The second kappa shape index (κ2) is 8.72. The Balaban J connectivity index is 1.75. The van der Waals surface area contributed by atoms with Crippen LogP contribution in [0.3, 0.4) is 0 Å². The van der Waals surface area contributed by atoms with E-state index in [4.69, 9.17) is 19.6 Å². The van der Waals surface area contributed by atoms with Gasteiger partial charge in [0.1, 0.15) is 17.1 Å². The lowest BCUT2D eigenvalue weighted by Gasteiger charge is -2.06. The summed E-state index contributed by atoms with van der Waals surface area (Å²) >= 11 is 0. The maximum Gasteiger partial charge on any atom is 0.342 e. The molecule has 3 aromatic rings. The molecule has 0 spiro atoms. The molecule has 0 amide bonds. The van der Waals surface area contributed by atoms with Crippen molar-refractivity contribution in [2.75, 3.05) is 18.6 Å². The third kappa shape index (κ3) is 5.18. The maximum atomic E-state index is 12.3. The maximum absolute atomic E-state index is 12.3. The van der Waals surface area contributed by atoms with Crippen LogP contribution in [-0.4, -0.2) is 43.2 Å². The summed E-state index contributed by atoms with van der Waals surface area (Å²) in [5, 5.41) is 0.243. The minimum Gasteiger partial charge on any atom is -0.462 e. The summed E-state index contributed by atoms with van der Waals surface area (Å²) in [6, 6.07) is 6.03. The van der Waals surface area contributed by atoms with Gasteiger partial charge < -0.3 is 19.6 Å². The molecular weight excluding hydrogens is 426 g/mol. The van der Waals surface area contributed by atoms with Gasteiger partial charge in [0, 0.05) is 6.26 Å². The van der Waals surface area contributed by atoms with Crippen molar-refractivity contribution >= 4 is 38.7 Å². The normalized spacial score (nSPS) is 11.5. The number of esters is 2. The Morgan fingerprint density at radius 1 is 1.10 bits per heavy atom. The molecule has 0 saturated carbocycles. The number of fused-ring (bicyclic) bond motifs is 1. The number of carbonyl (C=O) groups excluding carboxylic acids is 2. The van der Waals surface area contributed by atoms with Crippen molar-refractivity contribution in [3.8, 4) is 0 Å². The van der Waals surface area contributed by atoms with Gasteiger partial charge in [-0.2, -0.15) is 4.98 Å². The SMILES string of the molecule is CCOC(=O)c1c(C)oc2nc(COC(=O)c3ccc(CS(C)(=O)=O)cc3)nc(N)c12. The highest BCUT2D eigenvalue weighted by molar-refractivity contribution is 7.89. The van der Waals surface area contributed by atoms with Crippen LogP contribution in [0.1, 0.15) is 44.8 Å². The molecule has 2 heterocycles. The van der Waals surface area contributed by atoms with E-state index >= 15 is 0 Å². The van der Waals surface area contributed by atoms with Gasteiger partial charge in [0.15, 0.2) is 22.3 Å². The van der Waals surface area contributed by atoms with Gasteiger partial charge in [0.25, 0.3) is 0 Å². The van der Waals surface area contributed by atoms with Gasteiger partial charge in [-0.3, -0.25) is 0 Å². The highest BCUT2D eigenvalue weighted by Gasteiger charge is 2.24. The van der Waals surface area contributed by atoms with E-state index in [1.54, 1.807) is 26.0 Å². The fraction of sp³-hybridized carbons (Fsp3) is 0.300. The quantitative estimate of drug-likeness (QED) is 0.533. The summed E-state index contributed by atoms with van der Waals surface area (Å²) in [7, 11) is -3.17. The lowest BCUT2D eigenvalue weighted by Crippen LogP contribution is -2.10. The molecule has 0 atom stereocenters. The van der Waals surface area contributed by atoms with E-state index < -0.39 is 21.8 Å². The van der Waals surface area contributed by atoms with E-state index in [2.05, 4.69) is 9.97 Å². The minimum absolute atomic E-state index is 0.001000. The van der Waals surface area contributed by atoms with E-state index in [9.17, 15) is 18.0 Å². The van der Waals surface area contributed by atoms with Crippen LogP contribution in [0.5, 0.6) is 0 Å². The highest BCUT2D eigenvalue weighted by atomic mass is 32.2. The lowest BCUT2D eigenvalue weighted by atomic mass is 10.1. The van der Waals surface area contributed by atoms with Crippen LogP contribution in [0.15, 0.2) is 28.7 Å². The first-order valence-electron chi connectivity index (χ1n) is 9.25. The number of nitrogens with zero attached hydrogens (tertiary/aromatic N) is 2. The number of anilines is 1. The average Bonchev–Trinajstić information content (AvgIpc) is 3.02. The van der Waals surface area contributed by atoms with Gasteiger partial charge in [0.2, 0.25) is 5.71 Å². The van der Waals surface area contributed by atoms with Crippen LogP contribution < -0.4 is 5.73 Å². The number of carbonyl (C=O) groups is 2. The Kier molecular flexibility index (Phi) is 6.25. The zero-order valence-electron chi connectivity index (χ0n) is 17.2. The van der Waals surface area contributed by atoms with Crippen molar-refractivity contribution in [3.63, 3.8) is 0 Å². The van der Waals surface area contributed by atoms with E-state index in [0.717, 1.165) is 6.26 Å². The van der Waals surface area contributed by atoms with Crippen molar-refractivity contribution in [3.05, 3.63) is 52.5 Å². The van der Waals surface area contributed by atoms with Crippen LogP contribution in [-0.2, 0) is 31.7 Å². The zero-order valence-corrected chi connectivity index (χ0v) is 18.0. The Hall–Kier alpha value is -3.47. The van der Waals surface area contributed by atoms with Gasteiger partial charge in [-0.1, -0.05) is 12.1 Å². The molecule has 0 aliphatic carbocycles. The van der Waals surface area contributed by atoms with Crippen LogP contribution in [0, 0.1) is 6.92 Å². The van der Waals surface area contributed by atoms with Crippen LogP contribution >= 0.6 is 0 Å². The first-order chi connectivity index (χ1) is 14.6. The Bertz CT molecular complexity index is 1250. The summed E-state index contributed by atoms with van der Waals surface area (Å²) in [6.07, 6.45) is 1.13. The van der Waals surface area contributed by atoms with Crippen molar-refractivity contribution < 1.29 is 31.9 Å². The minimum atomic E-state index is -3.17. The van der Waals surface area contributed by atoms with Gasteiger partial charge in [-0.25, -0.2) is 23.0 Å². The molecule has 0 aliphatic heterocycles. The number of rotatable bonds is 7. The number of nitrogens with two attached hydrogens (primary N) is 1. The smallest absolute Gasteiger partial charge is 0.342 e. The number of nitrogen functional groups attached to an aromatic ring is 1. The third-order valence-corrected chi connectivity index (χ3v) is 5.09. The third-order valence-electron chi connectivity index (χ3n) is 4.23. The molecule has 164 valence electrons. The van der Waals surface area contributed by atoms with Crippen LogP contribution in [0.25, 0.3) is 11.1 Å². The number of aryl methyl sites for hydroxylation is 1. The molecule has 31 heavy (non-hydrogen) atoms. The standard InChI is InChI=1S/C20H21N3O7S/c1-4-28-20(25)15-11(2)30-18-16(15)17(21)22-14(23-18)9-29-19(24)13-7-5-12(6-8-13)10-31(3,26)27/h5-8H,4,9-10H2,1-3H3,(H2,21,22,23). The van der Waals surface area contributed by atoms with E-state index in [1.165, 1.54) is 12.1 Å². The van der Waals surface area contributed by atoms with E-state index in [-0.39, 0.29) is 58.6 Å². The molecule has 0 unspecified atom stereocenters. The number of hydrogen-bond donors (Lipinski definition) is 1. The molecule has 2 N–H and O–H groups in total. The monoisotopic (exact) mass is 447 g/mol. The van der Waals surface area contributed by atoms with Gasteiger partial charge in [0.05, 0.1) is 23.3 Å². The first kappa shape index (κ1) is 22.2. The number of ether oxygens (including phenoxy) is 2. The molecule has 0 aliphatic rings. The summed E-state index contributed by atoms with van der Waals surface area (Å²) in [5.41, 5.74) is 7.03.